The molecule has 2 amide bonds. The fourth-order valence-electron chi connectivity index (χ4n) is 3.23. The molecule has 164 valence electrons. The molecule has 0 unspecified atom stereocenters. The zero-order chi connectivity index (χ0) is 23.8. The van der Waals surface area contributed by atoms with E-state index < -0.39 is 5.82 Å². The Labute approximate surface area is 198 Å². The van der Waals surface area contributed by atoms with Crippen molar-refractivity contribution in [2.75, 3.05) is 17.3 Å². The molecule has 0 aliphatic rings. The first kappa shape index (κ1) is 22.4. The maximum Gasteiger partial charge on any atom is 0.326 e. The molecule has 0 aromatic heterocycles. The van der Waals surface area contributed by atoms with E-state index in [0.717, 1.165) is 11.1 Å². The van der Waals surface area contributed by atoms with E-state index in [1.165, 1.54) is 17.0 Å². The smallest absolute Gasteiger partial charge is 0.306 e. The van der Waals surface area contributed by atoms with E-state index in [2.05, 4.69) is 29.0 Å². The van der Waals surface area contributed by atoms with Crippen LogP contribution >= 0.6 is 0 Å². The Morgan fingerprint density at radius 1 is 0.706 bits per heavy atom. The van der Waals surface area contributed by atoms with Crippen LogP contribution in [0.2, 0.25) is 0 Å². The second kappa shape index (κ2) is 10.7. The molecule has 4 heteroatoms. The number of halogens is 1. The highest BCUT2D eigenvalue weighted by Crippen LogP contribution is 2.22. The second-order valence-corrected chi connectivity index (χ2v) is 7.43. The number of nitrogens with one attached hydrogen (secondary N) is 1. The average molecular weight is 445 g/mol. The first-order chi connectivity index (χ1) is 16.6. The molecule has 4 aromatic rings. The molecule has 4 aromatic carbocycles. The van der Waals surface area contributed by atoms with E-state index in [4.69, 9.17) is 0 Å². The third-order valence-electron chi connectivity index (χ3n) is 5.02. The summed E-state index contributed by atoms with van der Waals surface area (Å²) in [7, 11) is 1.62. The lowest BCUT2D eigenvalue weighted by molar-refractivity contribution is 0.258. The van der Waals surface area contributed by atoms with Crippen LogP contribution in [0.1, 0.15) is 22.3 Å². The van der Waals surface area contributed by atoms with Crippen LogP contribution in [-0.2, 0) is 0 Å². The lowest BCUT2D eigenvalue weighted by Gasteiger charge is -2.20. The Hall–Kier alpha value is -4.80. The van der Waals surface area contributed by atoms with Crippen LogP contribution in [0.3, 0.4) is 0 Å². The van der Waals surface area contributed by atoms with Crippen LogP contribution in [0.25, 0.3) is 0 Å². The molecule has 0 bridgehead atoms. The summed E-state index contributed by atoms with van der Waals surface area (Å²) in [6.07, 6.45) is 0. The van der Waals surface area contributed by atoms with Crippen molar-refractivity contribution >= 4 is 17.4 Å². The van der Waals surface area contributed by atoms with Crippen molar-refractivity contribution in [3.8, 4) is 23.7 Å². The number of carbonyl (C=O) groups is 1. The van der Waals surface area contributed by atoms with Gasteiger partial charge in [-0.05, 0) is 54.6 Å². The van der Waals surface area contributed by atoms with Gasteiger partial charge in [-0.15, -0.1) is 0 Å². The Balaban J connectivity index is 1.58. The monoisotopic (exact) mass is 444 g/mol. The van der Waals surface area contributed by atoms with Crippen molar-refractivity contribution in [3.05, 3.63) is 131 Å². The highest BCUT2D eigenvalue weighted by Gasteiger charge is 2.16. The zero-order valence-corrected chi connectivity index (χ0v) is 18.5. The molecule has 0 saturated carbocycles. The molecular formula is C30H21FN2O. The van der Waals surface area contributed by atoms with E-state index in [0.29, 0.717) is 22.5 Å². The van der Waals surface area contributed by atoms with Gasteiger partial charge in [-0.3, -0.25) is 4.90 Å². The number of benzene rings is 4. The zero-order valence-electron chi connectivity index (χ0n) is 18.5. The predicted molar refractivity (Wildman–Crippen MR) is 135 cm³/mol. The van der Waals surface area contributed by atoms with Crippen LogP contribution < -0.4 is 10.2 Å². The van der Waals surface area contributed by atoms with Gasteiger partial charge in [0.15, 0.2) is 0 Å². The van der Waals surface area contributed by atoms with Crippen molar-refractivity contribution in [2.24, 2.45) is 0 Å². The molecule has 0 heterocycles. The quantitative estimate of drug-likeness (QED) is 0.362. The van der Waals surface area contributed by atoms with Crippen molar-refractivity contribution in [1.82, 2.24) is 0 Å². The van der Waals surface area contributed by atoms with E-state index in [9.17, 15) is 9.18 Å². The fraction of sp³-hybridized carbons (Fsp3) is 0.0333. The molecule has 0 radical (unpaired) electrons. The van der Waals surface area contributed by atoms with Crippen LogP contribution in [0.4, 0.5) is 20.6 Å². The molecule has 4 rings (SSSR count). The van der Waals surface area contributed by atoms with E-state index in [1.54, 1.807) is 19.2 Å². The lowest BCUT2D eigenvalue weighted by atomic mass is 10.1. The molecule has 34 heavy (non-hydrogen) atoms. The molecule has 0 spiro atoms. The third kappa shape index (κ3) is 5.71. The Bertz CT molecular complexity index is 1420. The minimum Gasteiger partial charge on any atom is -0.306 e. The van der Waals surface area contributed by atoms with E-state index in [-0.39, 0.29) is 6.03 Å². The Kier molecular flexibility index (Phi) is 7.03. The summed E-state index contributed by atoms with van der Waals surface area (Å²) in [5, 5.41) is 2.90. The molecule has 3 nitrogen and oxygen atoms in total. The summed E-state index contributed by atoms with van der Waals surface area (Å²) >= 11 is 0. The largest absolute Gasteiger partial charge is 0.326 e. The number of nitrogens with zero attached hydrogens (tertiary/aromatic N) is 1. The van der Waals surface area contributed by atoms with Gasteiger partial charge in [-0.2, -0.15) is 0 Å². The van der Waals surface area contributed by atoms with Gasteiger partial charge in [0.05, 0.1) is 16.9 Å². The first-order valence-corrected chi connectivity index (χ1v) is 10.7. The normalized spacial score (nSPS) is 9.71. The molecule has 0 aliphatic carbocycles. The first-order valence-electron chi connectivity index (χ1n) is 10.7. The maximum atomic E-state index is 14.0. The van der Waals surface area contributed by atoms with Crippen LogP contribution in [0, 0.1) is 29.5 Å². The van der Waals surface area contributed by atoms with Gasteiger partial charge in [0.2, 0.25) is 0 Å². The molecule has 1 N–H and O–H groups in total. The van der Waals surface area contributed by atoms with Gasteiger partial charge < -0.3 is 5.32 Å². The Morgan fingerprint density at radius 2 is 1.26 bits per heavy atom. The van der Waals surface area contributed by atoms with E-state index >= 15 is 0 Å². The van der Waals surface area contributed by atoms with Crippen molar-refractivity contribution in [3.63, 3.8) is 0 Å². The molecule has 0 saturated heterocycles. The van der Waals surface area contributed by atoms with Gasteiger partial charge in [-0.25, -0.2) is 9.18 Å². The summed E-state index contributed by atoms with van der Waals surface area (Å²) in [4.78, 5) is 14.5. The number of carbonyl (C=O) groups excluding carboxylic acids is 1. The highest BCUT2D eigenvalue weighted by atomic mass is 19.1. The molecule has 0 atom stereocenters. The minimum absolute atomic E-state index is 0.386. The fourth-order valence-corrected chi connectivity index (χ4v) is 3.23. The summed E-state index contributed by atoms with van der Waals surface area (Å²) < 4.78 is 14.0. The summed E-state index contributed by atoms with van der Waals surface area (Å²) in [6.45, 7) is 0. The van der Waals surface area contributed by atoms with Crippen molar-refractivity contribution in [1.29, 1.82) is 0 Å². The van der Waals surface area contributed by atoms with Crippen LogP contribution in [-0.4, -0.2) is 13.1 Å². The number of para-hydroxylation sites is 1. The maximum absolute atomic E-state index is 14.0. The number of urea groups is 1. The van der Waals surface area contributed by atoms with Gasteiger partial charge in [0.1, 0.15) is 5.82 Å². The van der Waals surface area contributed by atoms with Crippen molar-refractivity contribution < 1.29 is 9.18 Å². The van der Waals surface area contributed by atoms with Gasteiger partial charge >= 0.3 is 6.03 Å². The summed E-state index contributed by atoms with van der Waals surface area (Å²) in [5.74, 6) is 11.8. The third-order valence-corrected chi connectivity index (χ3v) is 5.02. The highest BCUT2D eigenvalue weighted by molar-refractivity contribution is 6.02. The lowest BCUT2D eigenvalue weighted by Crippen LogP contribution is -2.32. The Morgan fingerprint density at radius 3 is 1.91 bits per heavy atom. The summed E-state index contributed by atoms with van der Waals surface area (Å²) in [5.41, 5.74) is 3.87. The number of anilines is 2. The van der Waals surface area contributed by atoms with Gasteiger partial charge in [0.25, 0.3) is 0 Å². The van der Waals surface area contributed by atoms with Gasteiger partial charge in [-0.1, -0.05) is 72.2 Å². The standard InChI is InChI=1S/C30H21FN2O/c1-33(29-21-20-27(31)22-26(29)19-17-24-12-6-3-7-13-24)30(34)32-28-15-9-8-14-25(28)18-16-23-10-4-2-5-11-23/h2-15,20-22H,1H3,(H,32,34). The number of rotatable bonds is 2. The number of amides is 2. The van der Waals surface area contributed by atoms with Gasteiger partial charge in [0, 0.05) is 23.7 Å². The van der Waals surface area contributed by atoms with Crippen LogP contribution in [0.15, 0.2) is 103 Å². The SMILES string of the molecule is CN(C(=O)Nc1ccccc1C#Cc1ccccc1)c1ccc(F)cc1C#Cc1ccccc1. The molecule has 0 aliphatic heterocycles. The average Bonchev–Trinajstić information content (AvgIpc) is 2.88. The number of hydrogen-bond acceptors (Lipinski definition) is 1. The topological polar surface area (TPSA) is 32.3 Å². The molecular weight excluding hydrogens is 423 g/mol. The van der Waals surface area contributed by atoms with Crippen molar-refractivity contribution in [2.45, 2.75) is 0 Å². The predicted octanol–water partition coefficient (Wildman–Crippen LogP) is 6.29. The van der Waals surface area contributed by atoms with Crippen LogP contribution in [0.5, 0.6) is 0 Å². The molecule has 0 fully saturated rings. The second-order valence-electron chi connectivity index (χ2n) is 7.43. The number of hydrogen-bond donors (Lipinski definition) is 1. The van der Waals surface area contributed by atoms with E-state index in [1.807, 2.05) is 78.9 Å². The minimum atomic E-state index is -0.420. The summed E-state index contributed by atoms with van der Waals surface area (Å²) in [6, 6.07) is 30.2.